The number of rotatable bonds is 8. The summed E-state index contributed by atoms with van der Waals surface area (Å²) < 4.78 is 11.5. The lowest BCUT2D eigenvalue weighted by molar-refractivity contribution is -0.125. The lowest BCUT2D eigenvalue weighted by Gasteiger charge is -2.16. The molecule has 0 aliphatic rings. The van der Waals surface area contributed by atoms with Crippen LogP contribution in [0.4, 0.5) is 0 Å². The molecule has 0 fully saturated rings. The van der Waals surface area contributed by atoms with E-state index >= 15 is 0 Å². The Kier molecular flexibility index (Phi) is 7.43. The molecule has 2 rings (SSSR count). The summed E-state index contributed by atoms with van der Waals surface area (Å²) >= 11 is 3.48. The van der Waals surface area contributed by atoms with Crippen molar-refractivity contribution in [2.75, 3.05) is 20.8 Å². The van der Waals surface area contributed by atoms with E-state index in [0.717, 1.165) is 15.6 Å². The van der Waals surface area contributed by atoms with Gasteiger partial charge in [-0.3, -0.25) is 9.59 Å². The van der Waals surface area contributed by atoms with Gasteiger partial charge < -0.3 is 20.1 Å². The molecule has 2 aromatic carbocycles. The second kappa shape index (κ2) is 9.78. The first-order valence-electron chi connectivity index (χ1n) is 8.16. The number of methoxy groups -OCH3 is 1. The van der Waals surface area contributed by atoms with E-state index in [1.54, 1.807) is 36.2 Å². The third-order valence-corrected chi connectivity index (χ3v) is 4.49. The van der Waals surface area contributed by atoms with Gasteiger partial charge in [0.25, 0.3) is 5.91 Å². The van der Waals surface area contributed by atoms with Gasteiger partial charge in [-0.1, -0.05) is 40.2 Å². The van der Waals surface area contributed by atoms with Crippen LogP contribution in [0.25, 0.3) is 6.08 Å². The molecule has 2 aromatic rings. The number of hydrogen-bond acceptors (Lipinski definition) is 4. The Labute approximate surface area is 166 Å². The second-order valence-corrected chi connectivity index (χ2v) is 6.64. The molecule has 142 valence electrons. The number of carbonyl (C=O) groups is 2. The highest BCUT2D eigenvalue weighted by atomic mass is 79.9. The maximum absolute atomic E-state index is 12.3. The largest absolute Gasteiger partial charge is 0.493 e. The summed E-state index contributed by atoms with van der Waals surface area (Å²) in [5.74, 6) is 0.164. The van der Waals surface area contributed by atoms with Crippen molar-refractivity contribution in [2.45, 2.75) is 6.54 Å². The fourth-order valence-electron chi connectivity index (χ4n) is 2.31. The molecule has 0 aliphatic carbocycles. The Morgan fingerprint density at radius 3 is 2.59 bits per heavy atom. The summed E-state index contributed by atoms with van der Waals surface area (Å²) in [5, 5.41) is 0. The standard InChI is InChI=1S/C20H21BrN2O4/c1-23(12-15-5-3-4-6-16(15)21)20(25)10-8-14-7-9-17(18(11-14)26-2)27-13-19(22)24/h3-11H,12-13H2,1-2H3,(H2,22,24)/b10-8+. The molecule has 0 unspecified atom stereocenters. The first kappa shape index (κ1) is 20.5. The Bertz CT molecular complexity index is 852. The molecule has 0 atom stereocenters. The van der Waals surface area contributed by atoms with Gasteiger partial charge in [-0.25, -0.2) is 0 Å². The highest BCUT2D eigenvalue weighted by Gasteiger charge is 2.09. The van der Waals surface area contributed by atoms with E-state index in [9.17, 15) is 9.59 Å². The molecular formula is C20H21BrN2O4. The zero-order valence-corrected chi connectivity index (χ0v) is 16.7. The van der Waals surface area contributed by atoms with Gasteiger partial charge >= 0.3 is 0 Å². The molecule has 0 radical (unpaired) electrons. The number of carbonyl (C=O) groups excluding carboxylic acids is 2. The summed E-state index contributed by atoms with van der Waals surface area (Å²) in [6, 6.07) is 12.9. The molecule has 7 heteroatoms. The first-order valence-corrected chi connectivity index (χ1v) is 8.95. The smallest absolute Gasteiger partial charge is 0.255 e. The Morgan fingerprint density at radius 1 is 1.19 bits per heavy atom. The van der Waals surface area contributed by atoms with Crippen molar-refractivity contribution in [3.63, 3.8) is 0 Å². The molecule has 6 nitrogen and oxygen atoms in total. The number of likely N-dealkylation sites (N-methyl/N-ethyl adjacent to an activating group) is 1. The van der Waals surface area contributed by atoms with Crippen LogP contribution in [0.5, 0.6) is 11.5 Å². The molecule has 2 amide bonds. The van der Waals surface area contributed by atoms with Gasteiger partial charge in [-0.05, 0) is 35.4 Å². The van der Waals surface area contributed by atoms with Gasteiger partial charge in [-0.15, -0.1) is 0 Å². The molecular weight excluding hydrogens is 412 g/mol. The summed E-state index contributed by atoms with van der Waals surface area (Å²) in [6.45, 7) is 0.262. The van der Waals surface area contributed by atoms with Crippen LogP contribution >= 0.6 is 15.9 Å². The van der Waals surface area contributed by atoms with Gasteiger partial charge in [0.2, 0.25) is 5.91 Å². The van der Waals surface area contributed by atoms with Gasteiger partial charge in [0, 0.05) is 24.1 Å². The molecule has 0 aromatic heterocycles. The van der Waals surface area contributed by atoms with E-state index in [1.165, 1.54) is 13.2 Å². The van der Waals surface area contributed by atoms with Crippen molar-refractivity contribution in [1.29, 1.82) is 0 Å². The minimum absolute atomic E-state index is 0.126. The van der Waals surface area contributed by atoms with Crippen LogP contribution in [-0.4, -0.2) is 37.5 Å². The summed E-state index contributed by atoms with van der Waals surface area (Å²) in [6.07, 6.45) is 3.19. The molecule has 0 bridgehead atoms. The maximum atomic E-state index is 12.3. The lowest BCUT2D eigenvalue weighted by Crippen LogP contribution is -2.24. The maximum Gasteiger partial charge on any atom is 0.255 e. The number of amides is 2. The number of nitrogens with two attached hydrogens (primary N) is 1. The number of benzene rings is 2. The van der Waals surface area contributed by atoms with E-state index in [0.29, 0.717) is 18.0 Å². The quantitative estimate of drug-likeness (QED) is 0.649. The predicted octanol–water partition coefficient (Wildman–Crippen LogP) is 2.99. The molecule has 0 saturated carbocycles. The molecule has 0 heterocycles. The number of halogens is 1. The van der Waals surface area contributed by atoms with Crippen LogP contribution in [-0.2, 0) is 16.1 Å². The second-order valence-electron chi connectivity index (χ2n) is 5.78. The van der Waals surface area contributed by atoms with Crippen molar-refractivity contribution >= 4 is 33.8 Å². The average molecular weight is 433 g/mol. The predicted molar refractivity (Wildman–Crippen MR) is 107 cm³/mol. The number of nitrogens with zero attached hydrogens (tertiary/aromatic N) is 1. The molecule has 0 spiro atoms. The van der Waals surface area contributed by atoms with E-state index in [2.05, 4.69) is 15.9 Å². The van der Waals surface area contributed by atoms with Crippen molar-refractivity contribution in [3.05, 3.63) is 64.1 Å². The molecule has 2 N–H and O–H groups in total. The molecule has 0 aliphatic heterocycles. The lowest BCUT2D eigenvalue weighted by atomic mass is 10.1. The van der Waals surface area contributed by atoms with Crippen LogP contribution in [0.1, 0.15) is 11.1 Å². The third-order valence-electron chi connectivity index (χ3n) is 3.72. The van der Waals surface area contributed by atoms with Gasteiger partial charge in [0.05, 0.1) is 7.11 Å². The van der Waals surface area contributed by atoms with Crippen LogP contribution in [0.2, 0.25) is 0 Å². The van der Waals surface area contributed by atoms with Crippen molar-refractivity contribution in [3.8, 4) is 11.5 Å². The van der Waals surface area contributed by atoms with Crippen molar-refractivity contribution in [1.82, 2.24) is 4.90 Å². The van der Waals surface area contributed by atoms with Crippen molar-refractivity contribution < 1.29 is 19.1 Å². The first-order chi connectivity index (χ1) is 12.9. The van der Waals surface area contributed by atoms with Crippen molar-refractivity contribution in [2.24, 2.45) is 5.73 Å². The van der Waals surface area contributed by atoms with Crippen LogP contribution in [0.3, 0.4) is 0 Å². The topological polar surface area (TPSA) is 81.9 Å². The SMILES string of the molecule is COc1cc(/C=C/C(=O)N(C)Cc2ccccc2Br)ccc1OCC(N)=O. The summed E-state index contributed by atoms with van der Waals surface area (Å²) in [4.78, 5) is 24.8. The number of primary amides is 1. The van der Waals surface area contributed by atoms with E-state index in [1.807, 2.05) is 24.3 Å². The minimum Gasteiger partial charge on any atom is -0.493 e. The number of ether oxygens (including phenoxy) is 2. The normalized spacial score (nSPS) is 10.6. The third kappa shape index (κ3) is 6.14. The Morgan fingerprint density at radius 2 is 1.93 bits per heavy atom. The van der Waals surface area contributed by atoms with Crippen LogP contribution in [0, 0.1) is 0 Å². The van der Waals surface area contributed by atoms with Crippen LogP contribution < -0.4 is 15.2 Å². The monoisotopic (exact) mass is 432 g/mol. The van der Waals surface area contributed by atoms with E-state index in [4.69, 9.17) is 15.2 Å². The fourth-order valence-corrected chi connectivity index (χ4v) is 2.72. The highest BCUT2D eigenvalue weighted by molar-refractivity contribution is 9.10. The molecule has 27 heavy (non-hydrogen) atoms. The summed E-state index contributed by atoms with van der Waals surface area (Å²) in [5.41, 5.74) is 6.87. The molecule has 0 saturated heterocycles. The average Bonchev–Trinajstić information content (AvgIpc) is 2.66. The Hall–Kier alpha value is -2.80. The van der Waals surface area contributed by atoms with Crippen LogP contribution in [0.15, 0.2) is 53.0 Å². The fraction of sp³-hybridized carbons (Fsp3) is 0.200. The zero-order valence-electron chi connectivity index (χ0n) is 15.1. The van der Waals surface area contributed by atoms with Gasteiger partial charge in [0.15, 0.2) is 18.1 Å². The number of hydrogen-bond donors (Lipinski definition) is 1. The Balaban J connectivity index is 2.04. The highest BCUT2D eigenvalue weighted by Crippen LogP contribution is 2.28. The van der Waals surface area contributed by atoms with E-state index < -0.39 is 5.91 Å². The minimum atomic E-state index is -0.570. The summed E-state index contributed by atoms with van der Waals surface area (Å²) in [7, 11) is 3.24. The zero-order chi connectivity index (χ0) is 19.8. The van der Waals surface area contributed by atoms with Gasteiger partial charge in [-0.2, -0.15) is 0 Å². The van der Waals surface area contributed by atoms with E-state index in [-0.39, 0.29) is 12.5 Å². The van der Waals surface area contributed by atoms with Gasteiger partial charge in [0.1, 0.15) is 0 Å².